The van der Waals surface area contributed by atoms with Gasteiger partial charge in [0, 0.05) is 5.56 Å². The molecule has 2 aromatic rings. The van der Waals surface area contributed by atoms with Crippen LogP contribution in [-0.2, 0) is 24.5 Å². The third kappa shape index (κ3) is 5.41. The summed E-state index contributed by atoms with van der Waals surface area (Å²) in [4.78, 5) is 11.7. The molecule has 0 saturated heterocycles. The van der Waals surface area contributed by atoms with E-state index in [0.29, 0.717) is 16.8 Å². The van der Waals surface area contributed by atoms with Crippen molar-refractivity contribution in [2.45, 2.75) is 38.1 Å². The van der Waals surface area contributed by atoms with Gasteiger partial charge in [-0.05, 0) is 66.8 Å². The van der Waals surface area contributed by atoms with Gasteiger partial charge >= 0.3 is 21.6 Å². The van der Waals surface area contributed by atoms with Crippen LogP contribution in [-0.4, -0.2) is 26.5 Å². The van der Waals surface area contributed by atoms with E-state index in [1.54, 1.807) is 31.2 Å². The second kappa shape index (κ2) is 8.97. The lowest BCUT2D eigenvalue weighted by molar-refractivity contribution is -0.0509. The summed E-state index contributed by atoms with van der Waals surface area (Å²) < 4.78 is 70.9. The molecule has 0 radical (unpaired) electrons. The van der Waals surface area contributed by atoms with E-state index in [4.69, 9.17) is 4.74 Å². The van der Waals surface area contributed by atoms with Crippen LogP contribution in [0.5, 0.6) is 0 Å². The minimum Gasteiger partial charge on any atom is -0.462 e. The number of hydrogen-bond acceptors (Lipinski definition) is 7. The zero-order chi connectivity index (χ0) is 24.4. The number of allylic oxidation sites excluding steroid dienone is 1. The molecular formula is C22H21F3N2O5S. The first-order chi connectivity index (χ1) is 15.3. The molecule has 0 unspecified atom stereocenters. The Morgan fingerprint density at radius 2 is 1.67 bits per heavy atom. The van der Waals surface area contributed by atoms with E-state index in [1.165, 1.54) is 24.3 Å². The molecule has 33 heavy (non-hydrogen) atoms. The van der Waals surface area contributed by atoms with Crippen LogP contribution in [0.1, 0.15) is 48.7 Å². The van der Waals surface area contributed by atoms with E-state index in [0.717, 1.165) is 0 Å². The topological polar surface area (TPSA) is 94.4 Å². The Morgan fingerprint density at radius 1 is 1.06 bits per heavy atom. The zero-order valence-electron chi connectivity index (χ0n) is 18.0. The molecule has 0 saturated carbocycles. The number of esters is 1. The molecule has 2 aromatic carbocycles. The normalized spacial score (nSPS) is 15.6. The van der Waals surface area contributed by atoms with Gasteiger partial charge in [0.25, 0.3) is 0 Å². The van der Waals surface area contributed by atoms with Gasteiger partial charge in [0.2, 0.25) is 0 Å². The van der Waals surface area contributed by atoms with Crippen LogP contribution in [0.15, 0.2) is 58.8 Å². The van der Waals surface area contributed by atoms with Crippen LogP contribution in [0.25, 0.3) is 5.76 Å². The molecule has 0 N–H and O–H groups in total. The summed E-state index contributed by atoms with van der Waals surface area (Å²) in [7, 11) is -5.82. The number of alkyl halides is 3. The van der Waals surface area contributed by atoms with Crippen LogP contribution in [0, 0.1) is 0 Å². The molecule has 3 rings (SSSR count). The average molecular weight is 482 g/mol. The second-order valence-corrected chi connectivity index (χ2v) is 9.37. The fourth-order valence-electron chi connectivity index (χ4n) is 3.19. The van der Waals surface area contributed by atoms with Crippen molar-refractivity contribution in [3.63, 3.8) is 0 Å². The van der Waals surface area contributed by atoms with E-state index < -0.39 is 32.8 Å². The van der Waals surface area contributed by atoms with Crippen LogP contribution in [0.3, 0.4) is 0 Å². The summed E-state index contributed by atoms with van der Waals surface area (Å²) in [5.74, 6) is -0.871. The van der Waals surface area contributed by atoms with Crippen LogP contribution >= 0.6 is 0 Å². The molecule has 0 spiro atoms. The Kier molecular flexibility index (Phi) is 6.64. The van der Waals surface area contributed by atoms with Crippen molar-refractivity contribution in [1.29, 1.82) is 0 Å². The molecule has 1 aliphatic carbocycles. The van der Waals surface area contributed by atoms with Gasteiger partial charge in [-0.15, -0.1) is 0 Å². The molecular weight excluding hydrogens is 461 g/mol. The van der Waals surface area contributed by atoms with E-state index in [-0.39, 0.29) is 24.3 Å². The van der Waals surface area contributed by atoms with Gasteiger partial charge in [-0.3, -0.25) is 0 Å². The maximum atomic E-state index is 12.8. The number of ether oxygens (including phenoxy) is 1. The highest BCUT2D eigenvalue weighted by Crippen LogP contribution is 2.42. The molecule has 1 aliphatic rings. The predicted octanol–water partition coefficient (Wildman–Crippen LogP) is 6.17. The average Bonchev–Trinajstić information content (AvgIpc) is 2.74. The lowest BCUT2D eigenvalue weighted by atomic mass is 9.75. The van der Waals surface area contributed by atoms with Crippen molar-refractivity contribution >= 4 is 33.2 Å². The van der Waals surface area contributed by atoms with Gasteiger partial charge in [-0.25, -0.2) is 4.79 Å². The van der Waals surface area contributed by atoms with Crippen molar-refractivity contribution in [2.75, 3.05) is 6.61 Å². The van der Waals surface area contributed by atoms with Crippen molar-refractivity contribution in [3.05, 3.63) is 65.2 Å². The Morgan fingerprint density at radius 3 is 2.27 bits per heavy atom. The molecule has 0 bridgehead atoms. The maximum absolute atomic E-state index is 12.8. The number of rotatable bonds is 6. The summed E-state index contributed by atoms with van der Waals surface area (Å²) in [6, 6.07) is 10.9. The largest absolute Gasteiger partial charge is 0.534 e. The van der Waals surface area contributed by atoms with Crippen molar-refractivity contribution < 1.29 is 35.3 Å². The zero-order valence-corrected chi connectivity index (χ0v) is 18.8. The lowest BCUT2D eigenvalue weighted by Crippen LogP contribution is -2.27. The van der Waals surface area contributed by atoms with E-state index >= 15 is 0 Å². The SMILES string of the molecule is CCOC(=O)c1ccc(N=Nc2ccc3c(c2)C(OS(=O)(=O)C(F)(F)F)=CCC3(C)C)cc1. The highest BCUT2D eigenvalue weighted by atomic mass is 32.2. The third-order valence-corrected chi connectivity index (χ3v) is 5.90. The lowest BCUT2D eigenvalue weighted by Gasteiger charge is -2.31. The molecule has 0 heterocycles. The molecule has 176 valence electrons. The highest BCUT2D eigenvalue weighted by molar-refractivity contribution is 7.87. The number of nitrogens with zero attached hydrogens (tertiary/aromatic N) is 2. The van der Waals surface area contributed by atoms with Gasteiger partial charge in [-0.1, -0.05) is 19.9 Å². The Labute approximate surface area is 189 Å². The van der Waals surface area contributed by atoms with Gasteiger partial charge in [-0.2, -0.15) is 31.8 Å². The van der Waals surface area contributed by atoms with E-state index in [2.05, 4.69) is 14.4 Å². The molecule has 7 nitrogen and oxygen atoms in total. The molecule has 0 amide bonds. The number of benzene rings is 2. The van der Waals surface area contributed by atoms with Crippen LogP contribution in [0.4, 0.5) is 24.5 Å². The monoisotopic (exact) mass is 482 g/mol. The van der Waals surface area contributed by atoms with Gasteiger partial charge in [0.15, 0.2) is 0 Å². The van der Waals surface area contributed by atoms with Crippen molar-refractivity contribution in [3.8, 4) is 0 Å². The highest BCUT2D eigenvalue weighted by Gasteiger charge is 2.49. The standard InChI is InChI=1S/C22H21F3N2O5S/c1-4-31-20(28)14-5-7-15(8-6-14)26-27-16-9-10-18-17(13-16)19(11-12-21(18,2)3)32-33(29,30)22(23,24)25/h5-11,13H,4,12H2,1-3H3. The number of halogens is 3. The first-order valence-corrected chi connectivity index (χ1v) is 11.3. The number of hydrogen-bond donors (Lipinski definition) is 0. The molecule has 11 heteroatoms. The fourth-order valence-corrected chi connectivity index (χ4v) is 3.68. The third-order valence-electron chi connectivity index (χ3n) is 4.94. The summed E-state index contributed by atoms with van der Waals surface area (Å²) in [6.07, 6.45) is 1.61. The molecule has 0 aromatic heterocycles. The number of azo groups is 1. The van der Waals surface area contributed by atoms with Gasteiger partial charge in [0.1, 0.15) is 5.76 Å². The minimum atomic E-state index is -5.82. The van der Waals surface area contributed by atoms with Gasteiger partial charge in [0.05, 0.1) is 23.5 Å². The summed E-state index contributed by atoms with van der Waals surface area (Å²) in [6.45, 7) is 5.71. The molecule has 0 atom stereocenters. The maximum Gasteiger partial charge on any atom is 0.534 e. The van der Waals surface area contributed by atoms with E-state index in [1.807, 2.05) is 13.8 Å². The van der Waals surface area contributed by atoms with E-state index in [9.17, 15) is 26.4 Å². The number of carbonyl (C=O) groups is 1. The quantitative estimate of drug-likeness (QED) is 0.212. The van der Waals surface area contributed by atoms with Crippen molar-refractivity contribution in [1.82, 2.24) is 0 Å². The summed E-state index contributed by atoms with van der Waals surface area (Å²) >= 11 is 0. The van der Waals surface area contributed by atoms with Gasteiger partial charge < -0.3 is 8.92 Å². The first-order valence-electron chi connectivity index (χ1n) is 9.89. The summed E-state index contributed by atoms with van der Waals surface area (Å²) in [5.41, 5.74) is -4.14. The van der Waals surface area contributed by atoms with Crippen LogP contribution in [0.2, 0.25) is 0 Å². The second-order valence-electron chi connectivity index (χ2n) is 7.84. The Bertz CT molecular complexity index is 1220. The summed E-state index contributed by atoms with van der Waals surface area (Å²) in [5, 5.41) is 8.14. The predicted molar refractivity (Wildman–Crippen MR) is 115 cm³/mol. The Hall–Kier alpha value is -3.21. The Balaban J connectivity index is 1.90. The fraction of sp³-hybridized carbons (Fsp3) is 0.318. The molecule has 0 fully saturated rings. The molecule has 0 aliphatic heterocycles. The smallest absolute Gasteiger partial charge is 0.462 e. The van der Waals surface area contributed by atoms with Crippen LogP contribution < -0.4 is 0 Å². The first kappa shape index (κ1) is 24.4. The minimum absolute atomic E-state index is 0.188. The van der Waals surface area contributed by atoms with Crippen molar-refractivity contribution in [2.24, 2.45) is 10.2 Å². The number of carbonyl (C=O) groups excluding carboxylic acids is 1. The number of fused-ring (bicyclic) bond motifs is 1.